The summed E-state index contributed by atoms with van der Waals surface area (Å²) in [6.07, 6.45) is 2.38. The van der Waals surface area contributed by atoms with E-state index in [2.05, 4.69) is 25.8 Å². The molecular weight excluding hydrogens is 342 g/mol. The van der Waals surface area contributed by atoms with Crippen molar-refractivity contribution in [3.8, 4) is 11.5 Å². The zero-order valence-corrected chi connectivity index (χ0v) is 15.5. The van der Waals surface area contributed by atoms with Crippen LogP contribution in [0.1, 0.15) is 12.5 Å². The molecule has 7 nitrogen and oxygen atoms in total. The molecule has 1 heterocycles. The van der Waals surface area contributed by atoms with Crippen LogP contribution in [0.2, 0.25) is 0 Å². The molecule has 0 aliphatic heterocycles. The number of anilines is 3. The molecule has 3 aromatic rings. The fourth-order valence-corrected chi connectivity index (χ4v) is 2.61. The average molecular weight is 365 g/mol. The van der Waals surface area contributed by atoms with Crippen molar-refractivity contribution in [3.63, 3.8) is 0 Å². The molecule has 0 radical (unpaired) electrons. The lowest BCUT2D eigenvalue weighted by atomic mass is 10.1. The van der Waals surface area contributed by atoms with Gasteiger partial charge in [-0.1, -0.05) is 18.2 Å². The number of nitrogens with zero attached hydrogens (tertiary/aromatic N) is 3. The van der Waals surface area contributed by atoms with Gasteiger partial charge in [0.25, 0.3) is 0 Å². The van der Waals surface area contributed by atoms with E-state index in [-0.39, 0.29) is 0 Å². The molecular formula is C20H23N5O2. The highest BCUT2D eigenvalue weighted by Gasteiger charge is 2.04. The van der Waals surface area contributed by atoms with Crippen LogP contribution in [-0.4, -0.2) is 35.4 Å². The van der Waals surface area contributed by atoms with E-state index < -0.39 is 0 Å². The van der Waals surface area contributed by atoms with Crippen molar-refractivity contribution in [1.29, 1.82) is 0 Å². The number of methoxy groups -OCH3 is 1. The van der Waals surface area contributed by atoms with Gasteiger partial charge in [-0.05, 0) is 49.2 Å². The van der Waals surface area contributed by atoms with Crippen LogP contribution in [0.4, 0.5) is 17.5 Å². The number of benzene rings is 2. The van der Waals surface area contributed by atoms with Crippen molar-refractivity contribution in [1.82, 2.24) is 15.2 Å². The number of nitrogens with one attached hydrogen (secondary N) is 2. The summed E-state index contributed by atoms with van der Waals surface area (Å²) in [5.74, 6) is 2.81. The zero-order valence-electron chi connectivity index (χ0n) is 15.5. The summed E-state index contributed by atoms with van der Waals surface area (Å²) in [6, 6.07) is 15.6. The monoisotopic (exact) mass is 365 g/mol. The molecule has 2 N–H and O–H groups in total. The van der Waals surface area contributed by atoms with Gasteiger partial charge in [0.05, 0.1) is 19.9 Å². The normalized spacial score (nSPS) is 10.3. The van der Waals surface area contributed by atoms with Crippen LogP contribution in [-0.2, 0) is 6.42 Å². The fraction of sp³-hybridized carbons (Fsp3) is 0.250. The molecule has 0 bridgehead atoms. The van der Waals surface area contributed by atoms with Crippen molar-refractivity contribution in [2.24, 2.45) is 0 Å². The van der Waals surface area contributed by atoms with Crippen LogP contribution in [0.15, 0.2) is 54.7 Å². The van der Waals surface area contributed by atoms with E-state index in [4.69, 9.17) is 9.47 Å². The molecule has 1 aromatic heterocycles. The molecule has 0 spiro atoms. The second-order valence-electron chi connectivity index (χ2n) is 5.74. The minimum atomic E-state index is 0.473. The number of rotatable bonds is 9. The minimum absolute atomic E-state index is 0.473. The summed E-state index contributed by atoms with van der Waals surface area (Å²) < 4.78 is 10.8. The SMILES string of the molecule is CCOc1ccc(Nc2cnnc(NCCc3ccccc3OC)n2)cc1. The van der Waals surface area contributed by atoms with Gasteiger partial charge in [-0.15, -0.1) is 5.10 Å². The summed E-state index contributed by atoms with van der Waals surface area (Å²) >= 11 is 0. The van der Waals surface area contributed by atoms with E-state index in [1.165, 1.54) is 0 Å². The maximum atomic E-state index is 5.44. The minimum Gasteiger partial charge on any atom is -0.496 e. The van der Waals surface area contributed by atoms with Gasteiger partial charge in [0.2, 0.25) is 5.95 Å². The summed E-state index contributed by atoms with van der Waals surface area (Å²) in [5.41, 5.74) is 2.03. The average Bonchev–Trinajstić information content (AvgIpc) is 2.70. The number of para-hydroxylation sites is 1. The van der Waals surface area contributed by atoms with Gasteiger partial charge in [0.1, 0.15) is 11.5 Å². The van der Waals surface area contributed by atoms with Crippen LogP contribution in [0.3, 0.4) is 0 Å². The van der Waals surface area contributed by atoms with Crippen molar-refractivity contribution in [2.75, 3.05) is 30.9 Å². The van der Waals surface area contributed by atoms with Gasteiger partial charge >= 0.3 is 0 Å². The molecule has 0 atom stereocenters. The van der Waals surface area contributed by atoms with Gasteiger partial charge in [-0.3, -0.25) is 0 Å². The highest BCUT2D eigenvalue weighted by Crippen LogP contribution is 2.20. The zero-order chi connectivity index (χ0) is 18.9. The maximum absolute atomic E-state index is 5.44. The predicted molar refractivity (Wildman–Crippen MR) is 106 cm³/mol. The summed E-state index contributed by atoms with van der Waals surface area (Å²) in [4.78, 5) is 4.44. The number of hydrogen-bond donors (Lipinski definition) is 2. The van der Waals surface area contributed by atoms with E-state index in [9.17, 15) is 0 Å². The Labute approximate surface area is 158 Å². The van der Waals surface area contributed by atoms with Crippen LogP contribution < -0.4 is 20.1 Å². The second kappa shape index (κ2) is 9.38. The Kier molecular flexibility index (Phi) is 6.40. The van der Waals surface area contributed by atoms with Gasteiger partial charge < -0.3 is 20.1 Å². The molecule has 0 aliphatic carbocycles. The van der Waals surface area contributed by atoms with E-state index in [1.54, 1.807) is 13.3 Å². The van der Waals surface area contributed by atoms with Crippen molar-refractivity contribution in [2.45, 2.75) is 13.3 Å². The Balaban J connectivity index is 1.57. The lowest BCUT2D eigenvalue weighted by Crippen LogP contribution is -2.10. The number of hydrogen-bond acceptors (Lipinski definition) is 7. The first-order valence-electron chi connectivity index (χ1n) is 8.84. The fourth-order valence-electron chi connectivity index (χ4n) is 2.61. The first-order chi connectivity index (χ1) is 13.3. The van der Waals surface area contributed by atoms with Crippen molar-refractivity contribution < 1.29 is 9.47 Å². The van der Waals surface area contributed by atoms with Gasteiger partial charge in [-0.25, -0.2) is 0 Å². The molecule has 7 heteroatoms. The van der Waals surface area contributed by atoms with Gasteiger partial charge in [-0.2, -0.15) is 10.1 Å². The van der Waals surface area contributed by atoms with Crippen molar-refractivity contribution >= 4 is 17.5 Å². The quantitative estimate of drug-likeness (QED) is 0.599. The van der Waals surface area contributed by atoms with Gasteiger partial charge in [0, 0.05) is 12.2 Å². The van der Waals surface area contributed by atoms with Crippen LogP contribution in [0.25, 0.3) is 0 Å². The Morgan fingerprint density at radius 3 is 2.63 bits per heavy atom. The topological polar surface area (TPSA) is 81.2 Å². The Hall–Kier alpha value is -3.35. The van der Waals surface area contributed by atoms with Crippen LogP contribution in [0, 0.1) is 0 Å². The van der Waals surface area contributed by atoms with Crippen LogP contribution in [0.5, 0.6) is 11.5 Å². The third-order valence-corrected chi connectivity index (χ3v) is 3.87. The molecule has 3 rings (SSSR count). The lowest BCUT2D eigenvalue weighted by Gasteiger charge is -2.10. The Morgan fingerprint density at radius 1 is 1.04 bits per heavy atom. The highest BCUT2D eigenvalue weighted by molar-refractivity contribution is 5.57. The number of aromatic nitrogens is 3. The Morgan fingerprint density at radius 2 is 1.85 bits per heavy atom. The summed E-state index contributed by atoms with van der Waals surface area (Å²) in [5, 5.41) is 14.4. The molecule has 0 aliphatic rings. The molecule has 0 amide bonds. The van der Waals surface area contributed by atoms with Crippen molar-refractivity contribution in [3.05, 3.63) is 60.3 Å². The molecule has 140 valence electrons. The van der Waals surface area contributed by atoms with E-state index in [1.807, 2.05) is 55.5 Å². The Bertz CT molecular complexity index is 855. The maximum Gasteiger partial charge on any atom is 0.244 e. The first kappa shape index (κ1) is 18.4. The molecule has 0 fully saturated rings. The predicted octanol–water partition coefficient (Wildman–Crippen LogP) is 3.68. The van der Waals surface area contributed by atoms with E-state index in [0.717, 1.165) is 29.2 Å². The first-order valence-corrected chi connectivity index (χ1v) is 8.84. The van der Waals surface area contributed by atoms with Crippen LogP contribution >= 0.6 is 0 Å². The lowest BCUT2D eigenvalue weighted by molar-refractivity contribution is 0.340. The standard InChI is InChI=1S/C20H23N5O2/c1-3-27-17-10-8-16(9-11-17)23-19-14-22-25-20(24-19)21-13-12-15-6-4-5-7-18(15)26-2/h4-11,14H,3,12-13H2,1-2H3,(H2,21,23,24,25). The third kappa shape index (κ3) is 5.31. The number of ether oxygens (including phenoxy) is 2. The second-order valence-corrected chi connectivity index (χ2v) is 5.74. The molecule has 27 heavy (non-hydrogen) atoms. The summed E-state index contributed by atoms with van der Waals surface area (Å²) in [7, 11) is 1.68. The van der Waals surface area contributed by atoms with Gasteiger partial charge in [0.15, 0.2) is 5.82 Å². The van der Waals surface area contributed by atoms with E-state index >= 15 is 0 Å². The third-order valence-electron chi connectivity index (χ3n) is 3.87. The summed E-state index contributed by atoms with van der Waals surface area (Å²) in [6.45, 7) is 3.28. The largest absolute Gasteiger partial charge is 0.496 e. The van der Waals surface area contributed by atoms with E-state index in [0.29, 0.717) is 24.9 Å². The molecule has 0 unspecified atom stereocenters. The molecule has 2 aromatic carbocycles. The highest BCUT2D eigenvalue weighted by atomic mass is 16.5. The molecule has 0 saturated heterocycles. The molecule has 0 saturated carbocycles. The smallest absolute Gasteiger partial charge is 0.244 e.